The molecule has 0 aliphatic heterocycles. The Hall–Kier alpha value is -3.78. The molecule has 0 radical (unpaired) electrons. The van der Waals surface area contributed by atoms with E-state index in [2.05, 4.69) is 4.98 Å². The first kappa shape index (κ1) is 24.3. The summed E-state index contributed by atoms with van der Waals surface area (Å²) in [5.74, 6) is 1.92. The summed E-state index contributed by atoms with van der Waals surface area (Å²) in [6.45, 7) is 3.84. The fourth-order valence-electron chi connectivity index (χ4n) is 3.66. The number of hydrogen-bond acceptors (Lipinski definition) is 7. The van der Waals surface area contributed by atoms with Crippen LogP contribution in [-0.2, 0) is 17.6 Å². The number of para-hydroxylation sites is 1. The van der Waals surface area contributed by atoms with Crippen molar-refractivity contribution >= 4 is 17.3 Å². The number of carboxylic acids is 1. The van der Waals surface area contributed by atoms with E-state index in [-0.39, 0.29) is 6.42 Å². The highest BCUT2D eigenvalue weighted by atomic mass is 32.1. The van der Waals surface area contributed by atoms with Crippen LogP contribution >= 0.6 is 11.3 Å². The van der Waals surface area contributed by atoms with Crippen LogP contribution in [0, 0.1) is 6.92 Å². The van der Waals surface area contributed by atoms with Crippen LogP contribution in [0.1, 0.15) is 23.9 Å². The highest BCUT2D eigenvalue weighted by Crippen LogP contribution is 2.31. The molecule has 1 atom stereocenters. The second-order valence-corrected chi connectivity index (χ2v) is 9.16. The third kappa shape index (κ3) is 5.84. The van der Waals surface area contributed by atoms with E-state index < -0.39 is 11.6 Å². The second-order valence-electron chi connectivity index (χ2n) is 8.21. The lowest BCUT2D eigenvalue weighted by atomic mass is 9.96. The molecule has 0 aliphatic carbocycles. The number of carbonyl (C=O) groups is 1. The highest BCUT2D eigenvalue weighted by Gasteiger charge is 2.36. The summed E-state index contributed by atoms with van der Waals surface area (Å²) in [4.78, 5) is 17.6. The molecule has 0 spiro atoms. The molecule has 2 heterocycles. The van der Waals surface area contributed by atoms with Crippen LogP contribution in [0.4, 0.5) is 0 Å². The van der Waals surface area contributed by atoms with Crippen molar-refractivity contribution in [2.24, 2.45) is 0 Å². The van der Waals surface area contributed by atoms with Gasteiger partial charge in [0.25, 0.3) is 0 Å². The van der Waals surface area contributed by atoms with Crippen LogP contribution in [0.5, 0.6) is 17.2 Å². The molecule has 1 unspecified atom stereocenters. The van der Waals surface area contributed by atoms with Gasteiger partial charge in [0, 0.05) is 12.8 Å². The lowest BCUT2D eigenvalue weighted by Gasteiger charge is -2.27. The molecule has 0 aliphatic rings. The largest absolute Gasteiger partial charge is 0.493 e. The van der Waals surface area contributed by atoms with Crippen LogP contribution in [0.2, 0.25) is 0 Å². The van der Waals surface area contributed by atoms with E-state index in [1.165, 1.54) is 0 Å². The molecule has 7 nitrogen and oxygen atoms in total. The molecule has 4 rings (SSSR count). The van der Waals surface area contributed by atoms with Gasteiger partial charge in [0.1, 0.15) is 11.5 Å². The Morgan fingerprint density at radius 1 is 1.11 bits per heavy atom. The van der Waals surface area contributed by atoms with Gasteiger partial charge >= 0.3 is 5.97 Å². The van der Waals surface area contributed by atoms with Crippen molar-refractivity contribution in [1.82, 2.24) is 4.98 Å². The van der Waals surface area contributed by atoms with Crippen molar-refractivity contribution < 1.29 is 28.5 Å². The number of aliphatic carboxylic acids is 1. The first-order valence-electron chi connectivity index (χ1n) is 11.2. The van der Waals surface area contributed by atoms with E-state index in [0.717, 1.165) is 21.9 Å². The van der Waals surface area contributed by atoms with Crippen molar-refractivity contribution in [3.05, 3.63) is 83.1 Å². The average Bonchev–Trinajstić information content (AvgIpc) is 3.50. The fraction of sp³-hybridized carbons (Fsp3) is 0.259. The standard InChI is InChI=1S/C27H27NO6S/c1-18-21(28-25(33-18)24-10-7-15-35-24)13-14-32-22-12-11-19(16-23(22)31-3)17-27(2,26(29)30)34-20-8-5-4-6-9-20/h4-12,15-16H,13-14,17H2,1-3H3,(H,29,30). The molecule has 0 bridgehead atoms. The van der Waals surface area contributed by atoms with Gasteiger partial charge in [-0.3, -0.25) is 0 Å². The van der Waals surface area contributed by atoms with Gasteiger partial charge in [0.05, 0.1) is 24.3 Å². The molecule has 0 fully saturated rings. The van der Waals surface area contributed by atoms with Gasteiger partial charge in [-0.05, 0) is 55.1 Å². The monoisotopic (exact) mass is 493 g/mol. The Morgan fingerprint density at radius 3 is 2.60 bits per heavy atom. The van der Waals surface area contributed by atoms with E-state index in [1.54, 1.807) is 61.8 Å². The summed E-state index contributed by atoms with van der Waals surface area (Å²) in [6, 6.07) is 18.2. The molecule has 8 heteroatoms. The predicted molar refractivity (Wildman–Crippen MR) is 134 cm³/mol. The van der Waals surface area contributed by atoms with Crippen LogP contribution in [0.15, 0.2) is 70.5 Å². The molecule has 182 valence electrons. The van der Waals surface area contributed by atoms with Crippen LogP contribution in [0.3, 0.4) is 0 Å². The maximum absolute atomic E-state index is 12.0. The van der Waals surface area contributed by atoms with Gasteiger partial charge in [-0.1, -0.05) is 30.3 Å². The minimum absolute atomic E-state index is 0.150. The van der Waals surface area contributed by atoms with Crippen molar-refractivity contribution in [1.29, 1.82) is 0 Å². The maximum Gasteiger partial charge on any atom is 0.348 e. The number of hydrogen-bond donors (Lipinski definition) is 1. The zero-order chi connectivity index (χ0) is 24.8. The van der Waals surface area contributed by atoms with E-state index in [0.29, 0.717) is 36.2 Å². The summed E-state index contributed by atoms with van der Waals surface area (Å²) in [6.07, 6.45) is 0.727. The Kier molecular flexibility index (Phi) is 7.41. The number of aryl methyl sites for hydroxylation is 1. The zero-order valence-electron chi connectivity index (χ0n) is 19.8. The lowest BCUT2D eigenvalue weighted by Crippen LogP contribution is -2.43. The van der Waals surface area contributed by atoms with Gasteiger partial charge in [-0.2, -0.15) is 0 Å². The topological polar surface area (TPSA) is 91.0 Å². The van der Waals surface area contributed by atoms with Crippen LogP contribution in [-0.4, -0.2) is 35.4 Å². The van der Waals surface area contributed by atoms with E-state index in [4.69, 9.17) is 18.6 Å². The van der Waals surface area contributed by atoms with Crippen molar-refractivity contribution in [3.63, 3.8) is 0 Å². The normalized spacial score (nSPS) is 12.7. The number of oxazole rings is 1. The number of nitrogens with zero attached hydrogens (tertiary/aromatic N) is 1. The van der Waals surface area contributed by atoms with Gasteiger partial charge in [-0.15, -0.1) is 11.3 Å². The van der Waals surface area contributed by atoms with Crippen molar-refractivity contribution in [2.75, 3.05) is 13.7 Å². The van der Waals surface area contributed by atoms with Gasteiger partial charge in [0.15, 0.2) is 11.5 Å². The van der Waals surface area contributed by atoms with Crippen molar-refractivity contribution in [3.8, 4) is 28.0 Å². The summed E-state index contributed by atoms with van der Waals surface area (Å²) in [5.41, 5.74) is 0.154. The van der Waals surface area contributed by atoms with Crippen LogP contribution in [0.25, 0.3) is 10.8 Å². The smallest absolute Gasteiger partial charge is 0.348 e. The molecule has 35 heavy (non-hydrogen) atoms. The number of rotatable bonds is 11. The Morgan fingerprint density at radius 2 is 1.91 bits per heavy atom. The molecular weight excluding hydrogens is 466 g/mol. The molecule has 0 saturated carbocycles. The van der Waals surface area contributed by atoms with E-state index >= 15 is 0 Å². The van der Waals surface area contributed by atoms with Crippen LogP contribution < -0.4 is 14.2 Å². The lowest BCUT2D eigenvalue weighted by molar-refractivity contribution is -0.153. The Bertz CT molecular complexity index is 1270. The zero-order valence-corrected chi connectivity index (χ0v) is 20.6. The minimum Gasteiger partial charge on any atom is -0.493 e. The number of carboxylic acid groups (broad SMARTS) is 1. The average molecular weight is 494 g/mol. The summed E-state index contributed by atoms with van der Waals surface area (Å²) in [7, 11) is 1.55. The molecule has 1 N–H and O–H groups in total. The Labute approximate surface area is 207 Å². The maximum atomic E-state index is 12.0. The first-order chi connectivity index (χ1) is 16.9. The molecule has 2 aromatic carbocycles. The van der Waals surface area contributed by atoms with Crippen molar-refractivity contribution in [2.45, 2.75) is 32.3 Å². The third-order valence-corrected chi connectivity index (χ3v) is 6.39. The summed E-state index contributed by atoms with van der Waals surface area (Å²) < 4.78 is 23.1. The van der Waals surface area contributed by atoms with Gasteiger partial charge < -0.3 is 23.7 Å². The fourth-order valence-corrected chi connectivity index (χ4v) is 4.31. The minimum atomic E-state index is -1.44. The quantitative estimate of drug-likeness (QED) is 0.282. The number of aromatic nitrogens is 1. The van der Waals surface area contributed by atoms with Gasteiger partial charge in [0.2, 0.25) is 11.5 Å². The number of thiophene rings is 1. The number of benzene rings is 2. The third-order valence-electron chi connectivity index (χ3n) is 5.53. The molecule has 2 aromatic heterocycles. The highest BCUT2D eigenvalue weighted by molar-refractivity contribution is 7.13. The first-order valence-corrected chi connectivity index (χ1v) is 12.0. The Balaban J connectivity index is 1.42. The summed E-state index contributed by atoms with van der Waals surface area (Å²) in [5, 5.41) is 11.8. The second kappa shape index (κ2) is 10.7. The predicted octanol–water partition coefficient (Wildman–Crippen LogP) is 5.81. The van der Waals surface area contributed by atoms with E-state index in [9.17, 15) is 9.90 Å². The molecule has 4 aromatic rings. The molecule has 0 saturated heterocycles. The van der Waals surface area contributed by atoms with E-state index in [1.807, 2.05) is 36.6 Å². The SMILES string of the molecule is COc1cc(CC(C)(Oc2ccccc2)C(=O)O)ccc1OCCc1nc(-c2cccs2)oc1C. The van der Waals surface area contributed by atoms with Gasteiger partial charge in [-0.25, -0.2) is 9.78 Å². The number of ether oxygens (including phenoxy) is 3. The summed E-state index contributed by atoms with van der Waals surface area (Å²) >= 11 is 1.58. The molecule has 0 amide bonds. The number of methoxy groups -OCH3 is 1. The molecular formula is C27H27NO6S.